The molecule has 0 atom stereocenters. The van der Waals surface area contributed by atoms with Crippen molar-refractivity contribution < 1.29 is 13.5 Å². The molecule has 2 N–H and O–H groups in total. The molecule has 3 heterocycles. The highest BCUT2D eigenvalue weighted by atomic mass is 32.2. The average Bonchev–Trinajstić information content (AvgIpc) is 3.39. The van der Waals surface area contributed by atoms with E-state index in [1.807, 2.05) is 6.07 Å². The summed E-state index contributed by atoms with van der Waals surface area (Å²) in [5.74, 6) is 0.272. The molecule has 35 heavy (non-hydrogen) atoms. The van der Waals surface area contributed by atoms with Crippen LogP contribution in [0, 0.1) is 11.3 Å². The summed E-state index contributed by atoms with van der Waals surface area (Å²) in [5.41, 5.74) is 0.815. The molecule has 1 aliphatic heterocycles. The van der Waals surface area contributed by atoms with Crippen molar-refractivity contribution in [3.05, 3.63) is 52.4 Å². The average molecular weight is 495 g/mol. The van der Waals surface area contributed by atoms with Crippen LogP contribution in [0.25, 0.3) is 11.0 Å². The van der Waals surface area contributed by atoms with Crippen molar-refractivity contribution in [1.82, 2.24) is 18.8 Å². The van der Waals surface area contributed by atoms with Gasteiger partial charge in [-0.1, -0.05) is 12.8 Å². The number of benzene rings is 1. The Kier molecular flexibility index (Phi) is 6.27. The Morgan fingerprint density at radius 3 is 2.43 bits per heavy atom. The van der Waals surface area contributed by atoms with Crippen LogP contribution in [-0.2, 0) is 10.0 Å². The second kappa shape index (κ2) is 9.37. The van der Waals surface area contributed by atoms with Gasteiger partial charge in [0.1, 0.15) is 17.3 Å². The van der Waals surface area contributed by atoms with Gasteiger partial charge in [-0.3, -0.25) is 9.36 Å². The third-order valence-corrected chi connectivity index (χ3v) is 8.67. The third kappa shape index (κ3) is 4.52. The Hall–Kier alpha value is -3.33. The van der Waals surface area contributed by atoms with E-state index in [1.54, 1.807) is 22.9 Å². The maximum absolute atomic E-state index is 12.9. The first kappa shape index (κ1) is 23.4. The Balaban J connectivity index is 1.42. The van der Waals surface area contributed by atoms with Crippen LogP contribution < -0.4 is 10.9 Å². The number of anilines is 2. The standard InChI is InChI=1S/C24H26N6O4S/c25-14-16-13-17-15-26-24(28-22(17)30(23(16)32)19-3-1-2-4-19)27-18-5-7-21(8-6-18)35(33,34)29-11-9-20(31)10-12-29/h5-8,13,15,19-20,31H,1-4,9-12H2,(H,26,27,28). The summed E-state index contributed by atoms with van der Waals surface area (Å²) in [5, 5.41) is 22.7. The van der Waals surface area contributed by atoms with E-state index < -0.39 is 16.1 Å². The van der Waals surface area contributed by atoms with Gasteiger partial charge in [-0.2, -0.15) is 14.6 Å². The van der Waals surface area contributed by atoms with Crippen LogP contribution >= 0.6 is 0 Å². The molecule has 0 spiro atoms. The molecule has 1 aromatic carbocycles. The zero-order valence-electron chi connectivity index (χ0n) is 19.1. The van der Waals surface area contributed by atoms with Gasteiger partial charge >= 0.3 is 0 Å². The largest absolute Gasteiger partial charge is 0.393 e. The van der Waals surface area contributed by atoms with Crippen LogP contribution in [0.1, 0.15) is 50.1 Å². The summed E-state index contributed by atoms with van der Waals surface area (Å²) >= 11 is 0. The van der Waals surface area contributed by atoms with Crippen LogP contribution in [-0.4, -0.2) is 51.6 Å². The number of hydrogen-bond acceptors (Lipinski definition) is 8. The van der Waals surface area contributed by atoms with Crippen molar-refractivity contribution in [1.29, 1.82) is 5.26 Å². The van der Waals surface area contributed by atoms with Gasteiger partial charge in [0.15, 0.2) is 0 Å². The number of piperidine rings is 1. The summed E-state index contributed by atoms with van der Waals surface area (Å²) in [6, 6.07) is 9.83. The molecule has 0 bridgehead atoms. The molecule has 0 amide bonds. The number of nitrogens with zero attached hydrogens (tertiary/aromatic N) is 5. The highest BCUT2D eigenvalue weighted by Crippen LogP contribution is 2.31. The number of aliphatic hydroxyl groups is 1. The number of fused-ring (bicyclic) bond motifs is 1. The van der Waals surface area contributed by atoms with E-state index in [9.17, 15) is 23.6 Å². The third-order valence-electron chi connectivity index (χ3n) is 6.76. The number of rotatable bonds is 5. The number of pyridine rings is 1. The topological polar surface area (TPSA) is 141 Å². The van der Waals surface area contributed by atoms with Crippen LogP contribution in [0.4, 0.5) is 11.6 Å². The fraction of sp³-hybridized carbons (Fsp3) is 0.417. The molecular formula is C24H26N6O4S. The predicted molar refractivity (Wildman–Crippen MR) is 130 cm³/mol. The first-order valence-electron chi connectivity index (χ1n) is 11.7. The Labute approximate surface area is 202 Å². The number of hydrogen-bond donors (Lipinski definition) is 2. The Morgan fingerprint density at radius 1 is 1.09 bits per heavy atom. The lowest BCUT2D eigenvalue weighted by atomic mass is 10.1. The van der Waals surface area contributed by atoms with E-state index in [0.29, 0.717) is 42.7 Å². The smallest absolute Gasteiger partial charge is 0.270 e. The van der Waals surface area contributed by atoms with E-state index in [-0.39, 0.29) is 28.0 Å². The summed E-state index contributed by atoms with van der Waals surface area (Å²) < 4.78 is 28.8. The molecule has 0 unspecified atom stereocenters. The van der Waals surface area contributed by atoms with E-state index >= 15 is 0 Å². The van der Waals surface area contributed by atoms with Crippen LogP contribution in [0.5, 0.6) is 0 Å². The number of sulfonamides is 1. The van der Waals surface area contributed by atoms with Crippen molar-refractivity contribution in [3.63, 3.8) is 0 Å². The minimum atomic E-state index is -3.63. The first-order valence-corrected chi connectivity index (χ1v) is 13.2. The van der Waals surface area contributed by atoms with Crippen molar-refractivity contribution in [2.24, 2.45) is 0 Å². The van der Waals surface area contributed by atoms with E-state index in [2.05, 4.69) is 15.3 Å². The number of nitriles is 1. The molecule has 11 heteroatoms. The second-order valence-corrected chi connectivity index (χ2v) is 11.0. The van der Waals surface area contributed by atoms with Gasteiger partial charge in [-0.05, 0) is 56.0 Å². The van der Waals surface area contributed by atoms with Gasteiger partial charge in [-0.25, -0.2) is 13.4 Å². The number of nitrogens with one attached hydrogen (secondary N) is 1. The minimum Gasteiger partial charge on any atom is -0.393 e. The Morgan fingerprint density at radius 2 is 1.77 bits per heavy atom. The number of aliphatic hydroxyl groups excluding tert-OH is 1. The second-order valence-electron chi connectivity index (χ2n) is 9.04. The lowest BCUT2D eigenvalue weighted by molar-refractivity contribution is 0.113. The zero-order chi connectivity index (χ0) is 24.6. The molecule has 182 valence electrons. The van der Waals surface area contributed by atoms with Gasteiger partial charge in [0, 0.05) is 36.4 Å². The molecule has 2 aliphatic rings. The van der Waals surface area contributed by atoms with Gasteiger partial charge < -0.3 is 10.4 Å². The van der Waals surface area contributed by atoms with E-state index in [0.717, 1.165) is 25.7 Å². The maximum atomic E-state index is 12.9. The van der Waals surface area contributed by atoms with Crippen LogP contribution in [0.3, 0.4) is 0 Å². The van der Waals surface area contributed by atoms with Crippen LogP contribution in [0.2, 0.25) is 0 Å². The highest BCUT2D eigenvalue weighted by Gasteiger charge is 2.28. The lowest BCUT2D eigenvalue weighted by Crippen LogP contribution is -2.39. The normalized spacial score (nSPS) is 18.1. The van der Waals surface area contributed by atoms with Gasteiger partial charge in [0.25, 0.3) is 5.56 Å². The highest BCUT2D eigenvalue weighted by molar-refractivity contribution is 7.89. The minimum absolute atomic E-state index is 0.00133. The molecule has 1 aliphatic carbocycles. The molecule has 2 fully saturated rings. The molecular weight excluding hydrogens is 468 g/mol. The molecule has 1 saturated heterocycles. The fourth-order valence-electron chi connectivity index (χ4n) is 4.83. The quantitative estimate of drug-likeness (QED) is 0.551. The van der Waals surface area contributed by atoms with Crippen molar-refractivity contribution in [2.45, 2.75) is 55.6 Å². The maximum Gasteiger partial charge on any atom is 0.270 e. The van der Waals surface area contributed by atoms with Gasteiger partial charge in [0.05, 0.1) is 11.0 Å². The Bertz CT molecular complexity index is 1450. The molecule has 3 aromatic rings. The SMILES string of the molecule is N#Cc1cc2cnc(Nc3ccc(S(=O)(=O)N4CCC(O)CC4)cc3)nc2n(C2CCCC2)c1=O. The number of aromatic nitrogens is 3. The summed E-state index contributed by atoms with van der Waals surface area (Å²) in [6.45, 7) is 0.593. The summed E-state index contributed by atoms with van der Waals surface area (Å²) in [6.07, 6.45) is 5.77. The molecule has 1 saturated carbocycles. The van der Waals surface area contributed by atoms with Crippen molar-refractivity contribution in [2.75, 3.05) is 18.4 Å². The van der Waals surface area contributed by atoms with Crippen molar-refractivity contribution in [3.8, 4) is 6.07 Å². The van der Waals surface area contributed by atoms with Crippen LogP contribution in [0.15, 0.2) is 46.2 Å². The summed E-state index contributed by atoms with van der Waals surface area (Å²) in [4.78, 5) is 22.0. The first-order chi connectivity index (χ1) is 16.9. The monoisotopic (exact) mass is 494 g/mol. The fourth-order valence-corrected chi connectivity index (χ4v) is 6.30. The van der Waals surface area contributed by atoms with Gasteiger partial charge in [-0.15, -0.1) is 0 Å². The zero-order valence-corrected chi connectivity index (χ0v) is 19.9. The molecule has 5 rings (SSSR count). The van der Waals surface area contributed by atoms with Crippen molar-refractivity contribution >= 4 is 32.7 Å². The summed E-state index contributed by atoms with van der Waals surface area (Å²) in [7, 11) is -3.63. The molecule has 2 aromatic heterocycles. The van der Waals surface area contributed by atoms with E-state index in [4.69, 9.17) is 0 Å². The van der Waals surface area contributed by atoms with Gasteiger partial charge in [0.2, 0.25) is 16.0 Å². The molecule has 10 nitrogen and oxygen atoms in total. The van der Waals surface area contributed by atoms with E-state index in [1.165, 1.54) is 22.5 Å². The lowest BCUT2D eigenvalue weighted by Gasteiger charge is -2.28. The molecule has 0 radical (unpaired) electrons. The predicted octanol–water partition coefficient (Wildman–Crippen LogP) is 2.67.